The van der Waals surface area contributed by atoms with Crippen molar-refractivity contribution in [3.8, 4) is 0 Å². The Hall–Kier alpha value is -1.39. The fourth-order valence-electron chi connectivity index (χ4n) is 1.59. The Morgan fingerprint density at radius 1 is 1.50 bits per heavy atom. The van der Waals surface area contributed by atoms with Crippen LogP contribution in [0.4, 0.5) is 0 Å². The standard InChI is InChI=1S/C12H12O3S/c1-7-4-3-5-8-6-9(16-11(7)8)10(13)12(14)15-2/h3-6,10,13H,1-2H3. The Kier molecular flexibility index (Phi) is 2.94. The summed E-state index contributed by atoms with van der Waals surface area (Å²) in [5.74, 6) is -0.621. The second-order valence-electron chi connectivity index (χ2n) is 3.57. The van der Waals surface area contributed by atoms with E-state index in [2.05, 4.69) is 4.74 Å². The van der Waals surface area contributed by atoms with E-state index in [0.29, 0.717) is 4.88 Å². The quantitative estimate of drug-likeness (QED) is 0.814. The molecule has 1 aromatic heterocycles. The molecule has 0 aliphatic rings. The molecule has 0 fully saturated rings. The predicted octanol–water partition coefficient (Wildman–Crippen LogP) is 2.42. The van der Waals surface area contributed by atoms with Crippen molar-refractivity contribution in [3.63, 3.8) is 0 Å². The molecule has 0 amide bonds. The van der Waals surface area contributed by atoms with Crippen molar-refractivity contribution in [2.75, 3.05) is 7.11 Å². The average molecular weight is 236 g/mol. The van der Waals surface area contributed by atoms with Gasteiger partial charge in [-0.1, -0.05) is 18.2 Å². The first-order chi connectivity index (χ1) is 7.63. The van der Waals surface area contributed by atoms with E-state index in [1.807, 2.05) is 31.2 Å². The van der Waals surface area contributed by atoms with Gasteiger partial charge in [-0.3, -0.25) is 0 Å². The topological polar surface area (TPSA) is 46.5 Å². The van der Waals surface area contributed by atoms with Gasteiger partial charge in [-0.2, -0.15) is 0 Å². The molecule has 84 valence electrons. The lowest BCUT2D eigenvalue weighted by Gasteiger charge is -2.04. The summed E-state index contributed by atoms with van der Waals surface area (Å²) in [7, 11) is 1.27. The number of methoxy groups -OCH3 is 1. The summed E-state index contributed by atoms with van der Waals surface area (Å²) in [6.45, 7) is 2.01. The Balaban J connectivity index is 2.47. The smallest absolute Gasteiger partial charge is 0.340 e. The minimum atomic E-state index is -1.18. The number of aryl methyl sites for hydroxylation is 1. The number of aliphatic hydroxyl groups is 1. The number of ether oxygens (including phenoxy) is 1. The van der Waals surface area contributed by atoms with E-state index in [1.165, 1.54) is 18.4 Å². The van der Waals surface area contributed by atoms with Crippen molar-refractivity contribution in [1.82, 2.24) is 0 Å². The van der Waals surface area contributed by atoms with Crippen molar-refractivity contribution in [3.05, 3.63) is 34.7 Å². The number of hydrogen-bond acceptors (Lipinski definition) is 4. The van der Waals surface area contributed by atoms with Crippen molar-refractivity contribution >= 4 is 27.4 Å². The summed E-state index contributed by atoms with van der Waals surface area (Å²) in [5.41, 5.74) is 1.14. The van der Waals surface area contributed by atoms with Crippen LogP contribution in [0.5, 0.6) is 0 Å². The first-order valence-electron chi connectivity index (χ1n) is 4.88. The number of carbonyl (C=O) groups is 1. The summed E-state index contributed by atoms with van der Waals surface area (Å²) in [4.78, 5) is 11.8. The van der Waals surface area contributed by atoms with Crippen molar-refractivity contribution in [2.24, 2.45) is 0 Å². The van der Waals surface area contributed by atoms with Crippen molar-refractivity contribution in [2.45, 2.75) is 13.0 Å². The molecule has 1 unspecified atom stereocenters. The molecule has 0 aliphatic heterocycles. The molecule has 1 N–H and O–H groups in total. The summed E-state index contributed by atoms with van der Waals surface area (Å²) >= 11 is 1.42. The Labute approximate surface area is 97.3 Å². The molecule has 0 saturated carbocycles. The van der Waals surface area contributed by atoms with E-state index in [4.69, 9.17) is 0 Å². The van der Waals surface area contributed by atoms with Gasteiger partial charge in [-0.15, -0.1) is 11.3 Å². The van der Waals surface area contributed by atoms with Crippen LogP contribution >= 0.6 is 11.3 Å². The lowest BCUT2D eigenvalue weighted by atomic mass is 10.2. The number of aliphatic hydroxyl groups excluding tert-OH is 1. The molecular weight excluding hydrogens is 224 g/mol. The van der Waals surface area contributed by atoms with Gasteiger partial charge in [-0.05, 0) is 23.9 Å². The molecule has 1 heterocycles. The summed E-state index contributed by atoms with van der Waals surface area (Å²) in [6, 6.07) is 7.76. The number of carbonyl (C=O) groups excluding carboxylic acids is 1. The molecule has 3 nitrogen and oxygen atoms in total. The molecule has 0 saturated heterocycles. The van der Waals surface area contributed by atoms with Crippen LogP contribution in [0.25, 0.3) is 10.1 Å². The second kappa shape index (κ2) is 4.23. The molecule has 16 heavy (non-hydrogen) atoms. The Morgan fingerprint density at radius 3 is 2.88 bits per heavy atom. The lowest BCUT2D eigenvalue weighted by Crippen LogP contribution is -2.11. The Morgan fingerprint density at radius 2 is 2.25 bits per heavy atom. The van der Waals surface area contributed by atoms with Gasteiger partial charge in [-0.25, -0.2) is 4.79 Å². The third-order valence-electron chi connectivity index (χ3n) is 2.45. The fraction of sp³-hybridized carbons (Fsp3) is 0.250. The highest BCUT2D eigenvalue weighted by molar-refractivity contribution is 7.19. The first-order valence-corrected chi connectivity index (χ1v) is 5.70. The lowest BCUT2D eigenvalue weighted by molar-refractivity contribution is -0.150. The van der Waals surface area contributed by atoms with E-state index >= 15 is 0 Å². The van der Waals surface area contributed by atoms with E-state index in [1.54, 1.807) is 0 Å². The van der Waals surface area contributed by atoms with Crippen LogP contribution in [0.2, 0.25) is 0 Å². The van der Waals surface area contributed by atoms with E-state index < -0.39 is 12.1 Å². The van der Waals surface area contributed by atoms with Gasteiger partial charge in [0.25, 0.3) is 0 Å². The average Bonchev–Trinajstić information content (AvgIpc) is 2.72. The monoisotopic (exact) mass is 236 g/mol. The highest BCUT2D eigenvalue weighted by Crippen LogP contribution is 2.32. The molecule has 2 aromatic rings. The second-order valence-corrected chi connectivity index (χ2v) is 4.65. The minimum absolute atomic E-state index is 0.621. The van der Waals surface area contributed by atoms with Gasteiger partial charge in [0, 0.05) is 9.58 Å². The third-order valence-corrected chi connectivity index (χ3v) is 3.79. The molecule has 1 aromatic carbocycles. The number of hydrogen-bond donors (Lipinski definition) is 1. The highest BCUT2D eigenvalue weighted by atomic mass is 32.1. The zero-order chi connectivity index (χ0) is 11.7. The minimum Gasteiger partial charge on any atom is -0.467 e. The molecule has 1 atom stereocenters. The molecule has 0 aliphatic carbocycles. The number of benzene rings is 1. The summed E-state index contributed by atoms with van der Waals surface area (Å²) < 4.78 is 5.61. The number of esters is 1. The maximum Gasteiger partial charge on any atom is 0.340 e. The van der Waals surface area contributed by atoms with E-state index in [0.717, 1.165) is 15.6 Å². The van der Waals surface area contributed by atoms with E-state index in [9.17, 15) is 9.90 Å². The van der Waals surface area contributed by atoms with E-state index in [-0.39, 0.29) is 0 Å². The zero-order valence-electron chi connectivity index (χ0n) is 9.06. The van der Waals surface area contributed by atoms with Gasteiger partial charge in [0.15, 0.2) is 6.10 Å². The van der Waals surface area contributed by atoms with Crippen LogP contribution in [0, 0.1) is 6.92 Å². The SMILES string of the molecule is COC(=O)C(O)c1cc2cccc(C)c2s1. The van der Waals surface area contributed by atoms with Crippen molar-refractivity contribution < 1.29 is 14.6 Å². The maximum absolute atomic E-state index is 11.2. The van der Waals surface area contributed by atoms with Crippen LogP contribution in [0.15, 0.2) is 24.3 Å². The normalized spacial score (nSPS) is 12.7. The molecule has 0 spiro atoms. The number of rotatable bonds is 2. The van der Waals surface area contributed by atoms with Gasteiger partial charge in [0.1, 0.15) is 0 Å². The first kappa shape index (κ1) is 11.1. The summed E-state index contributed by atoms with van der Waals surface area (Å²) in [6.07, 6.45) is -1.18. The van der Waals surface area contributed by atoms with Gasteiger partial charge in [0.2, 0.25) is 0 Å². The van der Waals surface area contributed by atoms with Crippen LogP contribution in [0.1, 0.15) is 16.5 Å². The summed E-state index contributed by atoms with van der Waals surface area (Å²) in [5, 5.41) is 10.8. The van der Waals surface area contributed by atoms with Crippen LogP contribution < -0.4 is 0 Å². The molecular formula is C12H12O3S. The number of fused-ring (bicyclic) bond motifs is 1. The molecule has 0 bridgehead atoms. The molecule has 2 rings (SSSR count). The van der Waals surface area contributed by atoms with Crippen LogP contribution in [-0.2, 0) is 9.53 Å². The Bertz CT molecular complexity index is 530. The van der Waals surface area contributed by atoms with Crippen molar-refractivity contribution in [1.29, 1.82) is 0 Å². The molecule has 0 radical (unpaired) electrons. The van der Waals surface area contributed by atoms with Gasteiger partial charge in [0.05, 0.1) is 7.11 Å². The largest absolute Gasteiger partial charge is 0.467 e. The molecule has 4 heteroatoms. The maximum atomic E-state index is 11.2. The van der Waals surface area contributed by atoms with Crippen LogP contribution in [0.3, 0.4) is 0 Å². The van der Waals surface area contributed by atoms with Crippen LogP contribution in [-0.4, -0.2) is 18.2 Å². The van der Waals surface area contributed by atoms with Gasteiger partial charge >= 0.3 is 5.97 Å². The zero-order valence-corrected chi connectivity index (χ0v) is 9.88. The fourth-order valence-corrected chi connectivity index (χ4v) is 2.69. The predicted molar refractivity (Wildman–Crippen MR) is 63.5 cm³/mol. The number of thiophene rings is 1. The third kappa shape index (κ3) is 1.81. The highest BCUT2D eigenvalue weighted by Gasteiger charge is 2.20. The van der Waals surface area contributed by atoms with Gasteiger partial charge < -0.3 is 9.84 Å².